The normalized spacial score (nSPS) is 11.3. The average molecular weight is 235 g/mol. The maximum Gasteiger partial charge on any atom is 0.419 e. The summed E-state index contributed by atoms with van der Waals surface area (Å²) in [5, 5.41) is 2.47. The van der Waals surface area contributed by atoms with Gasteiger partial charge in [-0.25, -0.2) is 4.39 Å². The highest BCUT2D eigenvalue weighted by Crippen LogP contribution is 2.32. The van der Waals surface area contributed by atoms with Gasteiger partial charge in [0.2, 0.25) is 0 Å². The highest BCUT2D eigenvalue weighted by atomic mass is 19.4. The molecule has 0 aliphatic heterocycles. The Morgan fingerprint density at radius 2 is 2.00 bits per heavy atom. The van der Waals surface area contributed by atoms with Gasteiger partial charge in [-0.3, -0.25) is 4.79 Å². The van der Waals surface area contributed by atoms with Crippen molar-refractivity contribution in [3.8, 4) is 0 Å². The highest BCUT2D eigenvalue weighted by Gasteiger charge is 2.34. The molecule has 0 saturated heterocycles. The Morgan fingerprint density at radius 1 is 1.38 bits per heavy atom. The average Bonchev–Trinajstić information content (AvgIpc) is 2.14. The van der Waals surface area contributed by atoms with Crippen LogP contribution in [0.25, 0.3) is 0 Å². The van der Waals surface area contributed by atoms with Crippen molar-refractivity contribution in [1.29, 1.82) is 0 Å². The third kappa shape index (κ3) is 3.22. The van der Waals surface area contributed by atoms with Crippen molar-refractivity contribution in [2.45, 2.75) is 13.1 Å². The second-order valence-electron chi connectivity index (χ2n) is 3.25. The molecule has 0 radical (unpaired) electrons. The molecule has 1 rings (SSSR count). The number of alkyl halides is 3. The van der Waals surface area contributed by atoms with Gasteiger partial charge in [0.25, 0.3) is 0 Å². The number of rotatable bonds is 3. The summed E-state index contributed by atoms with van der Waals surface area (Å²) in [6.45, 7) is 1.20. The van der Waals surface area contributed by atoms with Gasteiger partial charge in [-0.1, -0.05) is 0 Å². The molecular weight excluding hydrogens is 226 g/mol. The fourth-order valence-corrected chi connectivity index (χ4v) is 1.08. The van der Waals surface area contributed by atoms with Crippen LogP contribution >= 0.6 is 0 Å². The minimum absolute atomic E-state index is 0.0592. The summed E-state index contributed by atoms with van der Waals surface area (Å²) >= 11 is 0. The number of anilines is 1. The molecule has 0 unspecified atom stereocenters. The number of carbonyl (C=O) groups excluding carboxylic acids is 1. The van der Waals surface area contributed by atoms with Crippen LogP contribution in [0, 0.1) is 5.82 Å². The smallest absolute Gasteiger partial charge is 0.378 e. The van der Waals surface area contributed by atoms with Crippen LogP contribution in [0.3, 0.4) is 0 Å². The summed E-state index contributed by atoms with van der Waals surface area (Å²) in [6.07, 6.45) is -4.74. The van der Waals surface area contributed by atoms with E-state index in [2.05, 4.69) is 5.32 Å². The first kappa shape index (κ1) is 12.5. The number of carbonyl (C=O) groups is 1. The first-order valence-electron chi connectivity index (χ1n) is 4.41. The van der Waals surface area contributed by atoms with Crippen LogP contribution in [-0.2, 0) is 11.0 Å². The molecule has 0 spiro atoms. The predicted octanol–water partition coefficient (Wildman–Crippen LogP) is 2.85. The minimum Gasteiger partial charge on any atom is -0.378 e. The molecule has 2 nitrogen and oxygen atoms in total. The Bertz CT molecular complexity index is 400. The van der Waals surface area contributed by atoms with Crippen molar-refractivity contribution in [2.75, 3.05) is 11.9 Å². The molecule has 16 heavy (non-hydrogen) atoms. The van der Waals surface area contributed by atoms with Crippen LogP contribution in [0.2, 0.25) is 0 Å². The molecule has 88 valence electrons. The lowest BCUT2D eigenvalue weighted by atomic mass is 10.2. The fourth-order valence-electron chi connectivity index (χ4n) is 1.08. The minimum atomic E-state index is -4.74. The molecule has 0 bridgehead atoms. The van der Waals surface area contributed by atoms with E-state index in [9.17, 15) is 22.4 Å². The lowest BCUT2D eigenvalue weighted by molar-refractivity contribution is -0.139. The first-order valence-corrected chi connectivity index (χ1v) is 4.41. The van der Waals surface area contributed by atoms with Gasteiger partial charge in [0, 0.05) is 5.69 Å². The molecule has 1 N–H and O–H groups in total. The van der Waals surface area contributed by atoms with Crippen LogP contribution in [0.15, 0.2) is 18.2 Å². The lowest BCUT2D eigenvalue weighted by Crippen LogP contribution is -2.12. The van der Waals surface area contributed by atoms with Gasteiger partial charge in [-0.2, -0.15) is 13.2 Å². The first-order chi connectivity index (χ1) is 7.30. The van der Waals surface area contributed by atoms with Gasteiger partial charge >= 0.3 is 6.18 Å². The summed E-state index contributed by atoms with van der Waals surface area (Å²) in [6, 6.07) is 2.50. The highest BCUT2D eigenvalue weighted by molar-refractivity contribution is 5.80. The van der Waals surface area contributed by atoms with E-state index in [1.165, 1.54) is 6.92 Å². The quantitative estimate of drug-likeness (QED) is 0.816. The van der Waals surface area contributed by atoms with Gasteiger partial charge < -0.3 is 5.32 Å². The molecule has 6 heteroatoms. The second-order valence-corrected chi connectivity index (χ2v) is 3.25. The molecule has 0 aliphatic carbocycles. The van der Waals surface area contributed by atoms with E-state index in [1.807, 2.05) is 0 Å². The molecule has 1 aromatic carbocycles. The maximum absolute atomic E-state index is 12.8. The van der Waals surface area contributed by atoms with Crippen molar-refractivity contribution in [3.05, 3.63) is 29.6 Å². The molecule has 1 aromatic rings. The van der Waals surface area contributed by atoms with E-state index in [0.29, 0.717) is 12.1 Å². The molecule has 0 saturated carbocycles. The largest absolute Gasteiger partial charge is 0.419 e. The van der Waals surface area contributed by atoms with Crippen LogP contribution in [0.1, 0.15) is 12.5 Å². The van der Waals surface area contributed by atoms with E-state index in [4.69, 9.17) is 0 Å². The zero-order valence-corrected chi connectivity index (χ0v) is 8.36. The SMILES string of the molecule is CC(=O)CNc1ccc(F)c(C(F)(F)F)c1. The van der Waals surface area contributed by atoms with E-state index < -0.39 is 17.6 Å². The summed E-state index contributed by atoms with van der Waals surface area (Å²) in [7, 11) is 0. The summed E-state index contributed by atoms with van der Waals surface area (Å²) in [4.78, 5) is 10.6. The second kappa shape index (κ2) is 4.51. The molecule has 0 amide bonds. The molecule has 0 fully saturated rings. The standard InChI is InChI=1S/C10H9F4NO/c1-6(16)5-15-7-2-3-9(11)8(4-7)10(12,13)14/h2-4,15H,5H2,1H3. The molecule has 0 aliphatic rings. The number of hydrogen-bond donors (Lipinski definition) is 1. The van der Waals surface area contributed by atoms with Crippen LogP contribution in [0.5, 0.6) is 0 Å². The van der Waals surface area contributed by atoms with E-state index in [0.717, 1.165) is 6.07 Å². The summed E-state index contributed by atoms with van der Waals surface area (Å²) < 4.78 is 49.7. The molecule has 0 aromatic heterocycles. The van der Waals surface area contributed by atoms with E-state index in [-0.39, 0.29) is 18.0 Å². The Morgan fingerprint density at radius 3 is 2.50 bits per heavy atom. The van der Waals surface area contributed by atoms with Crippen molar-refractivity contribution in [3.63, 3.8) is 0 Å². The molecule has 0 heterocycles. The Labute approximate surface area is 89.3 Å². The Kier molecular flexibility index (Phi) is 3.51. The third-order valence-electron chi connectivity index (χ3n) is 1.81. The third-order valence-corrected chi connectivity index (χ3v) is 1.81. The van der Waals surface area contributed by atoms with Crippen LogP contribution in [0.4, 0.5) is 23.2 Å². The number of hydrogen-bond acceptors (Lipinski definition) is 2. The van der Waals surface area contributed by atoms with Gasteiger partial charge in [-0.05, 0) is 25.1 Å². The summed E-state index contributed by atoms with van der Waals surface area (Å²) in [5.74, 6) is -1.56. The fraction of sp³-hybridized carbons (Fsp3) is 0.300. The van der Waals surface area contributed by atoms with Gasteiger partial charge in [0.15, 0.2) is 0 Å². The van der Waals surface area contributed by atoms with Gasteiger partial charge in [-0.15, -0.1) is 0 Å². The monoisotopic (exact) mass is 235 g/mol. The van der Waals surface area contributed by atoms with Crippen LogP contribution in [-0.4, -0.2) is 12.3 Å². The van der Waals surface area contributed by atoms with E-state index in [1.54, 1.807) is 0 Å². The predicted molar refractivity (Wildman–Crippen MR) is 50.6 cm³/mol. The lowest BCUT2D eigenvalue weighted by Gasteiger charge is -2.10. The zero-order valence-electron chi connectivity index (χ0n) is 8.36. The zero-order chi connectivity index (χ0) is 12.3. The number of halogens is 4. The number of nitrogens with one attached hydrogen (secondary N) is 1. The Balaban J connectivity index is 2.94. The Hall–Kier alpha value is -1.59. The number of Topliss-reactive ketones (excluding diaryl/α,β-unsaturated/α-hetero) is 1. The van der Waals surface area contributed by atoms with E-state index >= 15 is 0 Å². The topological polar surface area (TPSA) is 29.1 Å². The number of benzene rings is 1. The molecular formula is C10H9F4NO. The van der Waals surface area contributed by atoms with Gasteiger partial charge in [0.05, 0.1) is 12.1 Å². The van der Waals surface area contributed by atoms with Crippen molar-refractivity contribution in [2.24, 2.45) is 0 Å². The van der Waals surface area contributed by atoms with Crippen LogP contribution < -0.4 is 5.32 Å². The van der Waals surface area contributed by atoms with Gasteiger partial charge in [0.1, 0.15) is 11.6 Å². The van der Waals surface area contributed by atoms with Crippen molar-refractivity contribution < 1.29 is 22.4 Å². The van der Waals surface area contributed by atoms with Crippen molar-refractivity contribution >= 4 is 11.5 Å². The summed E-state index contributed by atoms with van der Waals surface area (Å²) in [5.41, 5.74) is -1.29. The number of ketones is 1. The van der Waals surface area contributed by atoms with Crippen molar-refractivity contribution in [1.82, 2.24) is 0 Å². The maximum atomic E-state index is 12.8. The molecule has 0 atom stereocenters.